The van der Waals surface area contributed by atoms with Gasteiger partial charge in [-0.15, -0.1) is 0 Å². The predicted octanol–water partition coefficient (Wildman–Crippen LogP) is 6.51. The van der Waals surface area contributed by atoms with Crippen LogP contribution in [0, 0.1) is 5.82 Å². The van der Waals surface area contributed by atoms with Crippen molar-refractivity contribution in [2.75, 3.05) is 6.61 Å². The number of carboxylic acid groups (broad SMARTS) is 1. The molecule has 1 atom stereocenters. The Labute approximate surface area is 224 Å². The van der Waals surface area contributed by atoms with Crippen LogP contribution in [0.2, 0.25) is 0 Å². The van der Waals surface area contributed by atoms with E-state index in [9.17, 15) is 19.1 Å². The van der Waals surface area contributed by atoms with Crippen LogP contribution in [-0.2, 0) is 16.0 Å². The van der Waals surface area contributed by atoms with Crippen LogP contribution in [0.5, 0.6) is 0 Å². The summed E-state index contributed by atoms with van der Waals surface area (Å²) in [4.78, 5) is 28.4. The van der Waals surface area contributed by atoms with E-state index in [1.165, 1.54) is 12.1 Å². The van der Waals surface area contributed by atoms with Gasteiger partial charge in [-0.05, 0) is 63.7 Å². The lowest BCUT2D eigenvalue weighted by atomic mass is 9.98. The Morgan fingerprint density at radius 3 is 2.15 bits per heavy atom. The number of carbonyl (C=O) groups is 2. The summed E-state index contributed by atoms with van der Waals surface area (Å²) in [5, 5.41) is 13.4. The maximum absolute atomic E-state index is 13.6. The Morgan fingerprint density at radius 2 is 1.49 bits per heavy atom. The second-order valence-electron chi connectivity index (χ2n) is 9.60. The lowest BCUT2D eigenvalue weighted by Gasteiger charge is -2.18. The zero-order valence-corrected chi connectivity index (χ0v) is 20.9. The average Bonchev–Trinajstić information content (AvgIpc) is 3.47. The molecule has 1 aromatic heterocycles. The summed E-state index contributed by atoms with van der Waals surface area (Å²) in [5.74, 6) is -1.68. The number of rotatable bonds is 7. The van der Waals surface area contributed by atoms with Crippen LogP contribution < -0.4 is 5.32 Å². The SMILES string of the molecule is O=C(NC(Cc1c(-c2ccc(F)cc2)[nH]c2ccccc12)C(=O)O)OCC1c2ccccc2-c2ccccc21. The van der Waals surface area contributed by atoms with Crippen LogP contribution in [0.1, 0.15) is 22.6 Å². The van der Waals surface area contributed by atoms with E-state index in [0.29, 0.717) is 16.8 Å². The van der Waals surface area contributed by atoms with Gasteiger partial charge in [-0.25, -0.2) is 14.0 Å². The molecular weight excluding hydrogens is 495 g/mol. The minimum atomic E-state index is -1.24. The molecule has 194 valence electrons. The molecule has 6 nitrogen and oxygen atoms in total. The van der Waals surface area contributed by atoms with Crippen molar-refractivity contribution in [1.29, 1.82) is 0 Å². The zero-order valence-electron chi connectivity index (χ0n) is 20.9. The maximum Gasteiger partial charge on any atom is 0.407 e. The minimum Gasteiger partial charge on any atom is -0.480 e. The predicted molar refractivity (Wildman–Crippen MR) is 147 cm³/mol. The second kappa shape index (κ2) is 10.1. The molecule has 0 radical (unpaired) electrons. The van der Waals surface area contributed by atoms with Gasteiger partial charge in [0.05, 0.1) is 0 Å². The molecule has 0 fully saturated rings. The topological polar surface area (TPSA) is 91.4 Å². The van der Waals surface area contributed by atoms with Gasteiger partial charge in [0.2, 0.25) is 0 Å². The highest BCUT2D eigenvalue weighted by Gasteiger charge is 2.30. The fourth-order valence-electron chi connectivity index (χ4n) is 5.46. The van der Waals surface area contributed by atoms with E-state index in [4.69, 9.17) is 4.74 Å². The molecule has 1 unspecified atom stereocenters. The molecule has 0 saturated carbocycles. The molecule has 0 aliphatic heterocycles. The summed E-state index contributed by atoms with van der Waals surface area (Å²) < 4.78 is 19.2. The number of ether oxygens (including phenoxy) is 1. The number of fused-ring (bicyclic) bond motifs is 4. The highest BCUT2D eigenvalue weighted by atomic mass is 19.1. The summed E-state index contributed by atoms with van der Waals surface area (Å²) in [5.41, 5.74) is 7.29. The fraction of sp³-hybridized carbons (Fsp3) is 0.125. The molecule has 6 rings (SSSR count). The van der Waals surface area contributed by atoms with Crippen molar-refractivity contribution in [3.05, 3.63) is 120 Å². The Bertz CT molecular complexity index is 1650. The van der Waals surface area contributed by atoms with Gasteiger partial charge in [-0.1, -0.05) is 66.7 Å². The molecule has 39 heavy (non-hydrogen) atoms. The minimum absolute atomic E-state index is 0.0102. The molecule has 3 N–H and O–H groups in total. The number of carbonyl (C=O) groups excluding carboxylic acids is 1. The van der Waals surface area contributed by atoms with Gasteiger partial charge < -0.3 is 20.1 Å². The van der Waals surface area contributed by atoms with E-state index in [0.717, 1.165) is 33.2 Å². The molecule has 0 saturated heterocycles. The summed E-state index contributed by atoms with van der Waals surface area (Å²) in [6.07, 6.45) is -0.789. The summed E-state index contributed by atoms with van der Waals surface area (Å²) in [6, 6.07) is 28.3. The van der Waals surface area contributed by atoms with E-state index >= 15 is 0 Å². The number of aliphatic carboxylic acids is 1. The molecule has 0 spiro atoms. The number of aromatic nitrogens is 1. The van der Waals surface area contributed by atoms with E-state index < -0.39 is 18.1 Å². The van der Waals surface area contributed by atoms with Gasteiger partial charge in [0.25, 0.3) is 0 Å². The third-order valence-corrected chi connectivity index (χ3v) is 7.29. The van der Waals surface area contributed by atoms with Crippen molar-refractivity contribution in [2.24, 2.45) is 0 Å². The molecule has 5 aromatic rings. The van der Waals surface area contributed by atoms with Crippen molar-refractivity contribution >= 4 is 23.0 Å². The number of benzene rings is 4. The first-order valence-corrected chi connectivity index (χ1v) is 12.7. The molecule has 0 bridgehead atoms. The van der Waals surface area contributed by atoms with Crippen LogP contribution in [0.4, 0.5) is 9.18 Å². The third kappa shape index (κ3) is 4.63. The largest absolute Gasteiger partial charge is 0.480 e. The quantitative estimate of drug-likeness (QED) is 0.228. The van der Waals surface area contributed by atoms with Crippen LogP contribution in [0.15, 0.2) is 97.1 Å². The van der Waals surface area contributed by atoms with Crippen LogP contribution in [-0.4, -0.2) is 34.8 Å². The normalized spacial score (nSPS) is 13.1. The molecule has 1 amide bonds. The number of halogens is 1. The monoisotopic (exact) mass is 520 g/mol. The van der Waals surface area contributed by atoms with Gasteiger partial charge in [-0.2, -0.15) is 0 Å². The first-order chi connectivity index (χ1) is 19.0. The van der Waals surface area contributed by atoms with Gasteiger partial charge in [-0.3, -0.25) is 0 Å². The van der Waals surface area contributed by atoms with E-state index in [1.807, 2.05) is 60.7 Å². The Hall–Kier alpha value is -4.91. The van der Waals surface area contributed by atoms with Crippen LogP contribution in [0.3, 0.4) is 0 Å². The summed E-state index contributed by atoms with van der Waals surface area (Å²) >= 11 is 0. The fourth-order valence-corrected chi connectivity index (χ4v) is 5.46. The first kappa shape index (κ1) is 24.4. The van der Waals surface area contributed by atoms with Crippen molar-refractivity contribution in [3.8, 4) is 22.4 Å². The number of carboxylic acids is 1. The van der Waals surface area contributed by atoms with Gasteiger partial charge in [0.1, 0.15) is 18.5 Å². The second-order valence-corrected chi connectivity index (χ2v) is 9.60. The molecule has 1 aliphatic carbocycles. The van der Waals surface area contributed by atoms with Gasteiger partial charge in [0.15, 0.2) is 0 Å². The lowest BCUT2D eigenvalue weighted by molar-refractivity contribution is -0.139. The highest BCUT2D eigenvalue weighted by Crippen LogP contribution is 2.44. The third-order valence-electron chi connectivity index (χ3n) is 7.29. The van der Waals surface area contributed by atoms with E-state index in [2.05, 4.69) is 22.4 Å². The van der Waals surface area contributed by atoms with Crippen LogP contribution in [0.25, 0.3) is 33.3 Å². The first-order valence-electron chi connectivity index (χ1n) is 12.7. The molecule has 1 heterocycles. The maximum atomic E-state index is 13.6. The van der Waals surface area contributed by atoms with Crippen molar-refractivity contribution in [2.45, 2.75) is 18.4 Å². The number of amides is 1. The molecular formula is C32H25FN2O4. The summed E-state index contributed by atoms with van der Waals surface area (Å²) in [7, 11) is 0. The number of alkyl carbamates (subject to hydrolysis) is 1. The van der Waals surface area contributed by atoms with Crippen molar-refractivity contribution in [3.63, 3.8) is 0 Å². The number of hydrogen-bond acceptors (Lipinski definition) is 3. The lowest BCUT2D eigenvalue weighted by Crippen LogP contribution is -2.43. The Balaban J connectivity index is 1.22. The van der Waals surface area contributed by atoms with Gasteiger partial charge in [0, 0.05) is 28.9 Å². The standard InChI is InChI=1S/C32H25FN2O4/c33-20-15-13-19(14-16-20)30-26(25-11-5-6-12-28(25)34-30)17-29(31(36)37)35-32(38)39-18-27-23-9-3-1-7-21(23)22-8-2-4-10-24(22)27/h1-16,27,29,34H,17-18H2,(H,35,38)(H,36,37). The van der Waals surface area contributed by atoms with E-state index in [1.54, 1.807) is 12.1 Å². The summed E-state index contributed by atoms with van der Waals surface area (Å²) in [6.45, 7) is 0.0834. The zero-order chi connectivity index (χ0) is 26.9. The Morgan fingerprint density at radius 1 is 0.872 bits per heavy atom. The van der Waals surface area contributed by atoms with Crippen molar-refractivity contribution < 1.29 is 23.8 Å². The average molecular weight is 521 g/mol. The smallest absolute Gasteiger partial charge is 0.407 e. The van der Waals surface area contributed by atoms with Crippen LogP contribution >= 0.6 is 0 Å². The van der Waals surface area contributed by atoms with Crippen molar-refractivity contribution in [1.82, 2.24) is 10.3 Å². The molecule has 7 heteroatoms. The Kier molecular flexibility index (Phi) is 6.32. The van der Waals surface area contributed by atoms with Gasteiger partial charge >= 0.3 is 12.1 Å². The molecule has 1 aliphatic rings. The highest BCUT2D eigenvalue weighted by molar-refractivity contribution is 5.92. The molecule has 4 aromatic carbocycles. The number of H-pyrrole nitrogens is 1. The number of para-hydroxylation sites is 1. The number of nitrogens with one attached hydrogen (secondary N) is 2. The number of hydrogen-bond donors (Lipinski definition) is 3. The number of aromatic amines is 1. The van der Waals surface area contributed by atoms with E-state index in [-0.39, 0.29) is 24.8 Å².